The number of nitrogens with zero attached hydrogens (tertiary/aromatic N) is 2. The van der Waals surface area contributed by atoms with Crippen LogP contribution >= 0.6 is 11.6 Å². The average Bonchev–Trinajstić information content (AvgIpc) is 3.42. The van der Waals surface area contributed by atoms with Gasteiger partial charge in [-0.05, 0) is 63.1 Å². The average molecular weight is 463 g/mol. The minimum Gasteiger partial charge on any atom is -0.420 e. The Kier molecular flexibility index (Phi) is 5.77. The van der Waals surface area contributed by atoms with Crippen molar-refractivity contribution in [2.24, 2.45) is 0 Å². The molecule has 1 aliphatic carbocycles. The number of imidazole rings is 1. The Balaban J connectivity index is 1.62. The highest BCUT2D eigenvalue weighted by Gasteiger charge is 2.28. The molecular formula is C22H21ClF2N4O3. The zero-order valence-electron chi connectivity index (χ0n) is 17.4. The number of alkyl halides is 3. The van der Waals surface area contributed by atoms with Gasteiger partial charge in [-0.25, -0.2) is 4.98 Å². The molecule has 0 aliphatic heterocycles. The Morgan fingerprint density at radius 1 is 1.19 bits per heavy atom. The topological polar surface area (TPSA) is 85.2 Å². The van der Waals surface area contributed by atoms with Crippen molar-refractivity contribution in [2.75, 3.05) is 5.32 Å². The number of halogens is 3. The molecule has 1 aromatic heterocycles. The second-order valence-corrected chi connectivity index (χ2v) is 8.35. The number of carbonyl (C=O) groups excluding carboxylic acids is 2. The summed E-state index contributed by atoms with van der Waals surface area (Å²) in [5, 5.41) is 5.64. The summed E-state index contributed by atoms with van der Waals surface area (Å²) in [6.07, 6.45) is 3.53. The lowest BCUT2D eigenvalue weighted by molar-refractivity contribution is -0.0964. The third kappa shape index (κ3) is 4.99. The zero-order chi connectivity index (χ0) is 23.0. The Morgan fingerprint density at radius 3 is 2.47 bits per heavy atom. The van der Waals surface area contributed by atoms with E-state index in [-0.39, 0.29) is 29.3 Å². The molecular weight excluding hydrogens is 442 g/mol. The van der Waals surface area contributed by atoms with Crippen LogP contribution in [0.3, 0.4) is 0 Å². The van der Waals surface area contributed by atoms with Crippen LogP contribution in [0.5, 0.6) is 5.75 Å². The highest BCUT2D eigenvalue weighted by Crippen LogP contribution is 2.28. The van der Waals surface area contributed by atoms with Crippen molar-refractivity contribution in [3.8, 4) is 5.75 Å². The highest BCUT2D eigenvalue weighted by atomic mass is 35.5. The van der Waals surface area contributed by atoms with Crippen molar-refractivity contribution in [1.29, 1.82) is 0 Å². The lowest BCUT2D eigenvalue weighted by Gasteiger charge is -2.14. The predicted octanol–water partition coefficient (Wildman–Crippen LogP) is 4.93. The fourth-order valence-corrected chi connectivity index (χ4v) is 3.39. The molecule has 2 amide bonds. The maximum atomic E-state index is 12.9. The van der Waals surface area contributed by atoms with Gasteiger partial charge in [0.05, 0.1) is 22.9 Å². The van der Waals surface area contributed by atoms with Gasteiger partial charge in [0, 0.05) is 34.9 Å². The molecule has 0 radical (unpaired) electrons. The first-order valence-corrected chi connectivity index (χ1v) is 10.5. The van der Waals surface area contributed by atoms with Gasteiger partial charge in [0.15, 0.2) is 0 Å². The Bertz CT molecular complexity index is 1170. The standard InChI is InChI=1S/C22H21ClF2N4O3/c1-12(2)29-11-26-18-10-13(9-17(19(18)29)21(31)28-14-3-4-14)20(30)27-15-5-7-16(8-6-15)32-22(23,24)25/h5-12,14H,3-4H2,1-2H3,(H,27,30)(H,28,31). The predicted molar refractivity (Wildman–Crippen MR) is 116 cm³/mol. The van der Waals surface area contributed by atoms with Gasteiger partial charge in [-0.2, -0.15) is 0 Å². The molecule has 1 heterocycles. The number of benzene rings is 2. The highest BCUT2D eigenvalue weighted by molar-refractivity contribution is 6.20. The molecule has 0 bridgehead atoms. The molecule has 1 aliphatic rings. The maximum Gasteiger partial charge on any atom is 0.487 e. The quantitative estimate of drug-likeness (QED) is 0.487. The Labute approximate surface area is 187 Å². The van der Waals surface area contributed by atoms with Crippen molar-refractivity contribution in [2.45, 2.75) is 44.3 Å². The molecule has 1 fully saturated rings. The lowest BCUT2D eigenvalue weighted by atomic mass is 10.1. The molecule has 0 spiro atoms. The summed E-state index contributed by atoms with van der Waals surface area (Å²) >= 11 is 4.75. The van der Waals surface area contributed by atoms with Gasteiger partial charge >= 0.3 is 5.57 Å². The first-order chi connectivity index (χ1) is 15.1. The molecule has 32 heavy (non-hydrogen) atoms. The number of amides is 2. The minimum absolute atomic E-state index is 0.0771. The van der Waals surface area contributed by atoms with Crippen LogP contribution in [0.1, 0.15) is 53.4 Å². The van der Waals surface area contributed by atoms with Crippen LogP contribution in [0.2, 0.25) is 0 Å². The van der Waals surface area contributed by atoms with Crippen LogP contribution in [0.25, 0.3) is 11.0 Å². The molecule has 0 saturated heterocycles. The van der Waals surface area contributed by atoms with E-state index in [4.69, 9.17) is 11.6 Å². The monoisotopic (exact) mass is 462 g/mol. The van der Waals surface area contributed by atoms with E-state index < -0.39 is 11.5 Å². The Hall–Kier alpha value is -3.20. The normalized spacial score (nSPS) is 13.9. The molecule has 0 atom stereocenters. The minimum atomic E-state index is -3.82. The smallest absolute Gasteiger partial charge is 0.420 e. The number of ether oxygens (including phenoxy) is 1. The van der Waals surface area contributed by atoms with E-state index in [1.54, 1.807) is 18.5 Å². The molecule has 2 aromatic carbocycles. The molecule has 7 nitrogen and oxygen atoms in total. The second kappa shape index (κ2) is 8.38. The third-order valence-electron chi connectivity index (χ3n) is 4.99. The number of aromatic nitrogens is 2. The van der Waals surface area contributed by atoms with Gasteiger partial charge < -0.3 is 19.9 Å². The molecule has 168 valence electrons. The van der Waals surface area contributed by atoms with E-state index in [0.29, 0.717) is 22.3 Å². The summed E-state index contributed by atoms with van der Waals surface area (Å²) < 4.78 is 31.6. The van der Waals surface area contributed by atoms with Crippen molar-refractivity contribution in [3.05, 3.63) is 53.9 Å². The molecule has 10 heteroatoms. The first kappa shape index (κ1) is 22.0. The summed E-state index contributed by atoms with van der Waals surface area (Å²) in [5.41, 5.74) is -1.65. The summed E-state index contributed by atoms with van der Waals surface area (Å²) in [6.45, 7) is 3.97. The van der Waals surface area contributed by atoms with E-state index >= 15 is 0 Å². The van der Waals surface area contributed by atoms with Gasteiger partial charge in [-0.15, -0.1) is 8.78 Å². The van der Waals surface area contributed by atoms with E-state index in [1.165, 1.54) is 24.3 Å². The van der Waals surface area contributed by atoms with Crippen LogP contribution in [-0.4, -0.2) is 33.0 Å². The molecule has 0 unspecified atom stereocenters. The van der Waals surface area contributed by atoms with Crippen molar-refractivity contribution < 1.29 is 23.1 Å². The lowest BCUT2D eigenvalue weighted by Crippen LogP contribution is -2.26. The van der Waals surface area contributed by atoms with E-state index in [1.807, 2.05) is 18.4 Å². The number of nitrogens with one attached hydrogen (secondary N) is 2. The number of hydrogen-bond donors (Lipinski definition) is 2. The zero-order valence-corrected chi connectivity index (χ0v) is 18.1. The molecule has 2 N–H and O–H groups in total. The fourth-order valence-electron chi connectivity index (χ4n) is 3.30. The molecule has 4 rings (SSSR count). The summed E-state index contributed by atoms with van der Waals surface area (Å²) in [7, 11) is 0. The van der Waals surface area contributed by atoms with E-state index in [9.17, 15) is 18.4 Å². The van der Waals surface area contributed by atoms with Gasteiger partial charge in [0.1, 0.15) is 5.75 Å². The van der Waals surface area contributed by atoms with E-state index in [0.717, 1.165) is 12.8 Å². The number of carbonyl (C=O) groups is 2. The van der Waals surface area contributed by atoms with Gasteiger partial charge in [-0.1, -0.05) is 0 Å². The van der Waals surface area contributed by atoms with Gasteiger partial charge in [0.2, 0.25) is 0 Å². The fraction of sp³-hybridized carbons (Fsp3) is 0.318. The number of rotatable bonds is 7. The summed E-state index contributed by atoms with van der Waals surface area (Å²) in [6, 6.07) is 8.72. The van der Waals surface area contributed by atoms with Crippen molar-refractivity contribution in [1.82, 2.24) is 14.9 Å². The van der Waals surface area contributed by atoms with Crippen molar-refractivity contribution >= 4 is 40.1 Å². The molecule has 1 saturated carbocycles. The summed E-state index contributed by atoms with van der Waals surface area (Å²) in [5.74, 6) is -0.872. The number of hydrogen-bond acceptors (Lipinski definition) is 4. The van der Waals surface area contributed by atoms with Crippen LogP contribution in [-0.2, 0) is 0 Å². The van der Waals surface area contributed by atoms with Gasteiger partial charge in [0.25, 0.3) is 11.8 Å². The van der Waals surface area contributed by atoms with Gasteiger partial charge in [-0.3, -0.25) is 9.59 Å². The molecule has 3 aromatic rings. The van der Waals surface area contributed by atoms with Crippen LogP contribution in [0.4, 0.5) is 14.5 Å². The van der Waals surface area contributed by atoms with Crippen LogP contribution in [0, 0.1) is 0 Å². The van der Waals surface area contributed by atoms with Crippen molar-refractivity contribution in [3.63, 3.8) is 0 Å². The maximum absolute atomic E-state index is 12.9. The first-order valence-electron chi connectivity index (χ1n) is 10.1. The number of fused-ring (bicyclic) bond motifs is 1. The Morgan fingerprint density at radius 2 is 1.88 bits per heavy atom. The van der Waals surface area contributed by atoms with Crippen LogP contribution < -0.4 is 15.4 Å². The SMILES string of the molecule is CC(C)n1cnc2cc(C(=O)Nc3ccc(OC(F)(F)Cl)cc3)cc(C(=O)NC3CC3)c21. The van der Waals surface area contributed by atoms with E-state index in [2.05, 4.69) is 20.4 Å². The van der Waals surface area contributed by atoms with Crippen LogP contribution in [0.15, 0.2) is 42.7 Å². The second-order valence-electron chi connectivity index (χ2n) is 7.91. The largest absolute Gasteiger partial charge is 0.487 e. The summed E-state index contributed by atoms with van der Waals surface area (Å²) in [4.78, 5) is 30.1. The third-order valence-corrected chi connectivity index (χ3v) is 5.07. The number of anilines is 1.